The lowest BCUT2D eigenvalue weighted by atomic mass is 10.00. The van der Waals surface area contributed by atoms with E-state index in [9.17, 15) is 26.7 Å². The van der Waals surface area contributed by atoms with E-state index in [0.717, 1.165) is 11.3 Å². The number of aryl methyl sites for hydroxylation is 2. The first kappa shape index (κ1) is 27.1. The third-order valence-electron chi connectivity index (χ3n) is 5.30. The van der Waals surface area contributed by atoms with Crippen molar-refractivity contribution in [2.45, 2.75) is 43.4 Å². The molecule has 2 aromatic heterocycles. The van der Waals surface area contributed by atoms with E-state index in [1.807, 2.05) is 13.8 Å². The average Bonchev–Trinajstić information content (AvgIpc) is 3.38. The van der Waals surface area contributed by atoms with Crippen LogP contribution in [-0.4, -0.2) is 53.1 Å². The van der Waals surface area contributed by atoms with Gasteiger partial charge in [-0.3, -0.25) is 0 Å². The van der Waals surface area contributed by atoms with E-state index in [4.69, 9.17) is 20.2 Å². The summed E-state index contributed by atoms with van der Waals surface area (Å²) in [6.45, 7) is 3.71. The standard InChI is InChI=1S/C20H22N4O4S.C2HF3O2/c1-12-3-4-15(29(26,27)23-11-20(25)5-6-20)9-16(12)14-8-17(19(21)22-10-14)18-7-13(2)24-28-18;3-2(4,5)1(6)7/h3-4,7-10,23,25H,5-6,11H2,1-2H3,(H2,21,22);(H,6,7). The van der Waals surface area contributed by atoms with E-state index in [1.165, 1.54) is 0 Å². The van der Waals surface area contributed by atoms with E-state index in [-0.39, 0.29) is 11.4 Å². The van der Waals surface area contributed by atoms with Gasteiger partial charge in [0, 0.05) is 24.4 Å². The third-order valence-corrected chi connectivity index (χ3v) is 6.70. The van der Waals surface area contributed by atoms with Gasteiger partial charge < -0.3 is 20.5 Å². The number of carbonyl (C=O) groups is 1. The third kappa shape index (κ3) is 6.59. The van der Waals surface area contributed by atoms with Crippen LogP contribution in [-0.2, 0) is 14.8 Å². The van der Waals surface area contributed by atoms with Crippen LogP contribution in [0.4, 0.5) is 19.0 Å². The molecule has 4 rings (SSSR count). The largest absolute Gasteiger partial charge is 0.490 e. The molecule has 0 bridgehead atoms. The molecule has 0 aliphatic heterocycles. The number of halogens is 3. The molecule has 0 saturated heterocycles. The van der Waals surface area contributed by atoms with Crippen LogP contribution in [0.1, 0.15) is 24.1 Å². The molecule has 0 atom stereocenters. The van der Waals surface area contributed by atoms with Crippen LogP contribution in [0.2, 0.25) is 0 Å². The van der Waals surface area contributed by atoms with Crippen LogP contribution in [0.5, 0.6) is 0 Å². The predicted molar refractivity (Wildman–Crippen MR) is 122 cm³/mol. The number of carboxylic acid groups (broad SMARTS) is 1. The number of nitrogens with two attached hydrogens (primary N) is 1. The minimum atomic E-state index is -5.08. The Balaban J connectivity index is 0.000000454. The second-order valence-corrected chi connectivity index (χ2v) is 10.1. The number of aliphatic carboxylic acids is 1. The number of nitrogens with zero attached hydrogens (tertiary/aromatic N) is 2. The molecule has 0 spiro atoms. The van der Waals surface area contributed by atoms with Gasteiger partial charge in [-0.25, -0.2) is 22.9 Å². The fourth-order valence-electron chi connectivity index (χ4n) is 3.02. The van der Waals surface area contributed by atoms with Gasteiger partial charge in [0.15, 0.2) is 5.76 Å². The quantitative estimate of drug-likeness (QED) is 0.376. The van der Waals surface area contributed by atoms with Crippen LogP contribution in [0, 0.1) is 13.8 Å². The second-order valence-electron chi connectivity index (χ2n) is 8.32. The predicted octanol–water partition coefficient (Wildman–Crippen LogP) is 3.04. The number of aromatic nitrogens is 2. The van der Waals surface area contributed by atoms with Crippen molar-refractivity contribution in [2.75, 3.05) is 12.3 Å². The Morgan fingerprint density at radius 1 is 1.19 bits per heavy atom. The molecule has 36 heavy (non-hydrogen) atoms. The summed E-state index contributed by atoms with van der Waals surface area (Å²) >= 11 is 0. The number of sulfonamides is 1. The zero-order valence-electron chi connectivity index (χ0n) is 19.1. The maximum Gasteiger partial charge on any atom is 0.490 e. The summed E-state index contributed by atoms with van der Waals surface area (Å²) in [4.78, 5) is 13.3. The van der Waals surface area contributed by atoms with Crippen molar-refractivity contribution in [1.29, 1.82) is 0 Å². The zero-order chi connectivity index (χ0) is 26.9. The van der Waals surface area contributed by atoms with Crippen molar-refractivity contribution < 1.29 is 41.1 Å². The first-order valence-corrected chi connectivity index (χ1v) is 11.9. The highest BCUT2D eigenvalue weighted by Crippen LogP contribution is 2.35. The molecule has 0 amide bonds. The van der Waals surface area contributed by atoms with E-state index in [0.29, 0.717) is 41.1 Å². The average molecular weight is 529 g/mol. The summed E-state index contributed by atoms with van der Waals surface area (Å²) in [5, 5.41) is 20.9. The van der Waals surface area contributed by atoms with Gasteiger partial charge in [-0.15, -0.1) is 0 Å². The molecule has 10 nitrogen and oxygen atoms in total. The Labute approximate surface area is 204 Å². The maximum atomic E-state index is 12.7. The minimum Gasteiger partial charge on any atom is -0.475 e. The van der Waals surface area contributed by atoms with Crippen molar-refractivity contribution in [2.24, 2.45) is 0 Å². The molecule has 5 N–H and O–H groups in total. The molecule has 1 aliphatic carbocycles. The summed E-state index contributed by atoms with van der Waals surface area (Å²) in [6, 6.07) is 8.45. The molecule has 3 aromatic rings. The SMILES string of the molecule is Cc1cc(-c2cc(-c3cc(S(=O)(=O)NCC4(O)CC4)ccc3C)cnc2N)on1.O=C(O)C(F)(F)F. The molecular formula is C22H23F3N4O6S. The lowest BCUT2D eigenvalue weighted by molar-refractivity contribution is -0.192. The Hall–Kier alpha value is -3.49. The molecule has 2 heterocycles. The molecule has 1 saturated carbocycles. The van der Waals surface area contributed by atoms with Gasteiger partial charge in [-0.2, -0.15) is 13.2 Å². The van der Waals surface area contributed by atoms with Gasteiger partial charge in [0.05, 0.1) is 21.8 Å². The Kier molecular flexibility index (Phi) is 7.43. The number of nitrogens with one attached hydrogen (secondary N) is 1. The van der Waals surface area contributed by atoms with Crippen LogP contribution in [0.3, 0.4) is 0 Å². The molecule has 0 unspecified atom stereocenters. The number of alkyl halides is 3. The number of nitrogen functional groups attached to an aromatic ring is 1. The van der Waals surface area contributed by atoms with Crippen LogP contribution in [0.15, 0.2) is 45.9 Å². The number of anilines is 1. The topological polar surface area (TPSA) is 169 Å². The Bertz CT molecular complexity index is 1380. The summed E-state index contributed by atoms with van der Waals surface area (Å²) in [5.74, 6) is -1.96. The zero-order valence-corrected chi connectivity index (χ0v) is 19.9. The first-order chi connectivity index (χ1) is 16.6. The molecule has 1 aliphatic rings. The van der Waals surface area contributed by atoms with Crippen LogP contribution >= 0.6 is 0 Å². The van der Waals surface area contributed by atoms with Gasteiger partial charge in [0.2, 0.25) is 10.0 Å². The van der Waals surface area contributed by atoms with Crippen molar-refractivity contribution in [3.63, 3.8) is 0 Å². The minimum absolute atomic E-state index is 0.0109. The van der Waals surface area contributed by atoms with Crippen LogP contribution in [0.25, 0.3) is 22.5 Å². The summed E-state index contributed by atoms with van der Waals surface area (Å²) in [5.41, 5.74) is 8.70. The number of benzene rings is 1. The van der Waals surface area contributed by atoms with Crippen molar-refractivity contribution in [1.82, 2.24) is 14.9 Å². The van der Waals surface area contributed by atoms with Crippen LogP contribution < -0.4 is 10.5 Å². The fourth-order valence-corrected chi connectivity index (χ4v) is 4.17. The highest BCUT2D eigenvalue weighted by atomic mass is 32.2. The van der Waals surface area contributed by atoms with Crippen molar-refractivity contribution in [3.8, 4) is 22.5 Å². The lowest BCUT2D eigenvalue weighted by Gasteiger charge is -2.13. The highest BCUT2D eigenvalue weighted by molar-refractivity contribution is 7.89. The van der Waals surface area contributed by atoms with Crippen molar-refractivity contribution in [3.05, 3.63) is 47.8 Å². The summed E-state index contributed by atoms with van der Waals surface area (Å²) in [6.07, 6.45) is -2.27. The number of hydrogen-bond acceptors (Lipinski definition) is 8. The molecule has 1 aromatic carbocycles. The smallest absolute Gasteiger partial charge is 0.475 e. The van der Waals surface area contributed by atoms with Gasteiger partial charge in [0.1, 0.15) is 5.82 Å². The maximum absolute atomic E-state index is 12.7. The van der Waals surface area contributed by atoms with Gasteiger partial charge in [-0.05, 0) is 56.0 Å². The molecule has 194 valence electrons. The monoisotopic (exact) mass is 528 g/mol. The lowest BCUT2D eigenvalue weighted by Crippen LogP contribution is -2.33. The van der Waals surface area contributed by atoms with E-state index in [2.05, 4.69) is 14.9 Å². The summed E-state index contributed by atoms with van der Waals surface area (Å²) < 4.78 is 64.9. The fraction of sp³-hybridized carbons (Fsp3) is 0.318. The number of pyridine rings is 1. The number of aliphatic hydroxyl groups is 1. The first-order valence-electron chi connectivity index (χ1n) is 10.4. The van der Waals surface area contributed by atoms with Crippen molar-refractivity contribution >= 4 is 21.8 Å². The molecule has 14 heteroatoms. The van der Waals surface area contributed by atoms with E-state index in [1.54, 1.807) is 36.5 Å². The second kappa shape index (κ2) is 9.87. The van der Waals surface area contributed by atoms with Gasteiger partial charge in [0.25, 0.3) is 0 Å². The number of carboxylic acids is 1. The van der Waals surface area contributed by atoms with Gasteiger partial charge in [-0.1, -0.05) is 11.2 Å². The number of rotatable bonds is 6. The molecule has 1 fully saturated rings. The van der Waals surface area contributed by atoms with E-state index >= 15 is 0 Å². The van der Waals surface area contributed by atoms with E-state index < -0.39 is 27.8 Å². The Morgan fingerprint density at radius 2 is 1.83 bits per heavy atom. The molecular weight excluding hydrogens is 505 g/mol. The Morgan fingerprint density at radius 3 is 2.36 bits per heavy atom. The number of hydrogen-bond donors (Lipinski definition) is 4. The van der Waals surface area contributed by atoms with Gasteiger partial charge >= 0.3 is 12.1 Å². The highest BCUT2D eigenvalue weighted by Gasteiger charge is 2.41. The molecule has 0 radical (unpaired) electrons. The summed E-state index contributed by atoms with van der Waals surface area (Å²) in [7, 11) is -3.75. The normalized spacial score (nSPS) is 14.6.